The predicted molar refractivity (Wildman–Crippen MR) is 82.3 cm³/mol. The lowest BCUT2D eigenvalue weighted by atomic mass is 10.1. The van der Waals surface area contributed by atoms with Gasteiger partial charge in [0.05, 0.1) is 9.88 Å². The first-order valence-corrected chi connectivity index (χ1v) is 7.77. The molecule has 3 rings (SSSR count). The number of nitrogens with one attached hydrogen (secondary N) is 1. The van der Waals surface area contributed by atoms with E-state index in [1.807, 2.05) is 6.92 Å². The highest BCUT2D eigenvalue weighted by atomic mass is 32.1. The average molecular weight is 319 g/mol. The number of aryl methyl sites for hydroxylation is 1. The number of thiazole rings is 2. The molecule has 0 saturated heterocycles. The Balaban J connectivity index is 1.95. The van der Waals surface area contributed by atoms with Gasteiger partial charge in [-0.15, -0.1) is 22.7 Å². The molecule has 106 valence electrons. The molecule has 0 unspecified atom stereocenters. The topological polar surface area (TPSA) is 54.9 Å². The minimum atomic E-state index is -0.311. The standard InChI is InChI=1S/C14H10FN3OS2/c1-8-17-11(13(19)18-14-16-6-7-20-14)12(21-8)9-2-4-10(15)5-3-9/h2-7H,1H3,(H,16,18,19). The molecule has 1 N–H and O–H groups in total. The van der Waals surface area contributed by atoms with Gasteiger partial charge >= 0.3 is 0 Å². The van der Waals surface area contributed by atoms with E-state index in [1.54, 1.807) is 23.7 Å². The zero-order chi connectivity index (χ0) is 14.8. The van der Waals surface area contributed by atoms with Crippen LogP contribution < -0.4 is 5.32 Å². The molecule has 7 heteroatoms. The van der Waals surface area contributed by atoms with Gasteiger partial charge in [0.1, 0.15) is 11.5 Å². The Morgan fingerprint density at radius 1 is 1.29 bits per heavy atom. The maximum atomic E-state index is 13.0. The summed E-state index contributed by atoms with van der Waals surface area (Å²) >= 11 is 2.74. The van der Waals surface area contributed by atoms with E-state index in [2.05, 4.69) is 15.3 Å². The molecule has 0 atom stereocenters. The van der Waals surface area contributed by atoms with Gasteiger partial charge in [-0.25, -0.2) is 14.4 Å². The number of carbonyl (C=O) groups excluding carboxylic acids is 1. The highest BCUT2D eigenvalue weighted by molar-refractivity contribution is 7.15. The van der Waals surface area contributed by atoms with Crippen LogP contribution in [0.25, 0.3) is 10.4 Å². The van der Waals surface area contributed by atoms with Crippen LogP contribution in [0.15, 0.2) is 35.8 Å². The van der Waals surface area contributed by atoms with Gasteiger partial charge in [-0.1, -0.05) is 12.1 Å². The third kappa shape index (κ3) is 2.98. The average Bonchev–Trinajstić information content (AvgIpc) is 3.09. The Morgan fingerprint density at radius 2 is 2.05 bits per heavy atom. The second-order valence-electron chi connectivity index (χ2n) is 4.21. The van der Waals surface area contributed by atoms with Crippen LogP contribution in [0, 0.1) is 12.7 Å². The van der Waals surface area contributed by atoms with Gasteiger partial charge in [-0.3, -0.25) is 10.1 Å². The van der Waals surface area contributed by atoms with Crippen molar-refractivity contribution in [3.8, 4) is 10.4 Å². The molecule has 0 spiro atoms. The molecule has 0 saturated carbocycles. The number of carbonyl (C=O) groups is 1. The van der Waals surface area contributed by atoms with E-state index >= 15 is 0 Å². The summed E-state index contributed by atoms with van der Waals surface area (Å²) in [5.41, 5.74) is 1.10. The van der Waals surface area contributed by atoms with Crippen LogP contribution >= 0.6 is 22.7 Å². The normalized spacial score (nSPS) is 10.6. The first kappa shape index (κ1) is 13.8. The van der Waals surface area contributed by atoms with Crippen molar-refractivity contribution < 1.29 is 9.18 Å². The number of aromatic nitrogens is 2. The molecule has 21 heavy (non-hydrogen) atoms. The summed E-state index contributed by atoms with van der Waals surface area (Å²) in [6.07, 6.45) is 1.62. The summed E-state index contributed by atoms with van der Waals surface area (Å²) in [7, 11) is 0. The van der Waals surface area contributed by atoms with Gasteiger partial charge in [0, 0.05) is 11.6 Å². The van der Waals surface area contributed by atoms with Crippen LogP contribution in [0.5, 0.6) is 0 Å². The fourth-order valence-corrected chi connectivity index (χ4v) is 3.26. The first-order valence-electron chi connectivity index (χ1n) is 6.07. The van der Waals surface area contributed by atoms with Crippen LogP contribution in [0.2, 0.25) is 0 Å². The summed E-state index contributed by atoms with van der Waals surface area (Å²) < 4.78 is 13.0. The smallest absolute Gasteiger partial charge is 0.277 e. The van der Waals surface area contributed by atoms with Crippen molar-refractivity contribution in [2.24, 2.45) is 0 Å². The van der Waals surface area contributed by atoms with Crippen LogP contribution in [-0.2, 0) is 0 Å². The second-order valence-corrected chi connectivity index (χ2v) is 6.31. The number of benzene rings is 1. The zero-order valence-corrected chi connectivity index (χ0v) is 12.6. The summed E-state index contributed by atoms with van der Waals surface area (Å²) in [6, 6.07) is 6.02. The van der Waals surface area contributed by atoms with E-state index in [1.165, 1.54) is 34.8 Å². The molecule has 0 aliphatic heterocycles. The number of anilines is 1. The lowest BCUT2D eigenvalue weighted by Gasteiger charge is -2.02. The lowest BCUT2D eigenvalue weighted by Crippen LogP contribution is -2.13. The molecule has 2 heterocycles. The molecule has 0 aliphatic rings. The third-order valence-corrected chi connectivity index (χ3v) is 4.42. The minimum absolute atomic E-state index is 0.311. The highest BCUT2D eigenvalue weighted by Crippen LogP contribution is 2.31. The fraction of sp³-hybridized carbons (Fsp3) is 0.0714. The van der Waals surface area contributed by atoms with E-state index in [4.69, 9.17) is 0 Å². The SMILES string of the molecule is Cc1nc(C(=O)Nc2nccs2)c(-c2ccc(F)cc2)s1. The number of rotatable bonds is 3. The van der Waals surface area contributed by atoms with Crippen molar-refractivity contribution in [3.63, 3.8) is 0 Å². The van der Waals surface area contributed by atoms with E-state index in [9.17, 15) is 9.18 Å². The number of halogens is 1. The monoisotopic (exact) mass is 319 g/mol. The number of hydrogen-bond donors (Lipinski definition) is 1. The Morgan fingerprint density at radius 3 is 2.71 bits per heavy atom. The van der Waals surface area contributed by atoms with Gasteiger partial charge in [0.25, 0.3) is 5.91 Å². The molecule has 0 aliphatic carbocycles. The largest absolute Gasteiger partial charge is 0.296 e. The van der Waals surface area contributed by atoms with Crippen molar-refractivity contribution in [2.45, 2.75) is 6.92 Å². The van der Waals surface area contributed by atoms with E-state index in [0.717, 1.165) is 15.4 Å². The van der Waals surface area contributed by atoms with E-state index in [-0.39, 0.29) is 11.7 Å². The number of hydrogen-bond acceptors (Lipinski definition) is 5. The molecule has 0 radical (unpaired) electrons. The summed E-state index contributed by atoms with van der Waals surface area (Å²) in [5.74, 6) is -0.623. The molecular formula is C14H10FN3OS2. The van der Waals surface area contributed by atoms with Crippen LogP contribution in [0.1, 0.15) is 15.5 Å². The maximum absolute atomic E-state index is 13.0. The van der Waals surface area contributed by atoms with Crippen molar-refractivity contribution in [1.82, 2.24) is 9.97 Å². The minimum Gasteiger partial charge on any atom is -0.296 e. The molecular weight excluding hydrogens is 309 g/mol. The second kappa shape index (κ2) is 5.71. The van der Waals surface area contributed by atoms with E-state index < -0.39 is 0 Å². The van der Waals surface area contributed by atoms with E-state index in [0.29, 0.717) is 10.8 Å². The molecule has 1 aromatic carbocycles. The molecule has 1 amide bonds. The zero-order valence-electron chi connectivity index (χ0n) is 11.0. The molecule has 2 aromatic heterocycles. The van der Waals surface area contributed by atoms with Crippen molar-refractivity contribution in [3.05, 3.63) is 52.4 Å². The fourth-order valence-electron chi connectivity index (χ4n) is 1.82. The Hall–Kier alpha value is -2.12. The Kier molecular flexibility index (Phi) is 3.76. The maximum Gasteiger partial charge on any atom is 0.277 e. The molecule has 0 bridgehead atoms. The van der Waals surface area contributed by atoms with Gasteiger partial charge in [0.15, 0.2) is 5.13 Å². The van der Waals surface area contributed by atoms with Crippen LogP contribution in [0.3, 0.4) is 0 Å². The van der Waals surface area contributed by atoms with Crippen molar-refractivity contribution in [1.29, 1.82) is 0 Å². The molecule has 4 nitrogen and oxygen atoms in total. The predicted octanol–water partition coefficient (Wildman–Crippen LogP) is 3.97. The molecule has 0 fully saturated rings. The van der Waals surface area contributed by atoms with Crippen LogP contribution in [0.4, 0.5) is 9.52 Å². The van der Waals surface area contributed by atoms with Crippen LogP contribution in [-0.4, -0.2) is 15.9 Å². The summed E-state index contributed by atoms with van der Waals surface area (Å²) in [4.78, 5) is 21.3. The van der Waals surface area contributed by atoms with Crippen molar-refractivity contribution >= 4 is 33.7 Å². The van der Waals surface area contributed by atoms with Gasteiger partial charge in [-0.05, 0) is 24.6 Å². The summed E-state index contributed by atoms with van der Waals surface area (Å²) in [5, 5.41) is 5.79. The number of nitrogens with zero attached hydrogens (tertiary/aromatic N) is 2. The Labute approximate surface area is 128 Å². The third-order valence-electron chi connectivity index (χ3n) is 2.71. The van der Waals surface area contributed by atoms with Gasteiger partial charge < -0.3 is 0 Å². The Bertz CT molecular complexity index is 766. The molecule has 3 aromatic rings. The quantitative estimate of drug-likeness (QED) is 0.795. The van der Waals surface area contributed by atoms with Gasteiger partial charge in [-0.2, -0.15) is 0 Å². The summed E-state index contributed by atoms with van der Waals surface area (Å²) in [6.45, 7) is 1.83. The first-order chi connectivity index (χ1) is 10.1. The van der Waals surface area contributed by atoms with Gasteiger partial charge in [0.2, 0.25) is 0 Å². The lowest BCUT2D eigenvalue weighted by molar-refractivity contribution is 0.102. The highest BCUT2D eigenvalue weighted by Gasteiger charge is 2.19. The number of amides is 1. The van der Waals surface area contributed by atoms with Crippen molar-refractivity contribution in [2.75, 3.05) is 5.32 Å².